The summed E-state index contributed by atoms with van der Waals surface area (Å²) < 4.78 is 2.35. The predicted molar refractivity (Wildman–Crippen MR) is 117 cm³/mol. The van der Waals surface area contributed by atoms with Crippen molar-refractivity contribution in [3.63, 3.8) is 0 Å². The van der Waals surface area contributed by atoms with Crippen LogP contribution >= 0.6 is 0 Å². The van der Waals surface area contributed by atoms with E-state index in [1.807, 2.05) is 0 Å². The summed E-state index contributed by atoms with van der Waals surface area (Å²) in [5.74, 6) is 1.32. The van der Waals surface area contributed by atoms with Crippen LogP contribution < -0.4 is 10.2 Å². The minimum absolute atomic E-state index is 0.230. The van der Waals surface area contributed by atoms with Crippen LogP contribution in [-0.4, -0.2) is 34.6 Å². The number of anilines is 1. The molecule has 2 aromatic rings. The molecule has 0 spiro atoms. The van der Waals surface area contributed by atoms with E-state index in [-0.39, 0.29) is 5.91 Å². The summed E-state index contributed by atoms with van der Waals surface area (Å²) >= 11 is 0. The summed E-state index contributed by atoms with van der Waals surface area (Å²) in [7, 11) is 0. The van der Waals surface area contributed by atoms with Gasteiger partial charge in [-0.25, -0.2) is 4.98 Å². The number of piperidine rings is 1. The summed E-state index contributed by atoms with van der Waals surface area (Å²) in [6.45, 7) is 7.33. The maximum absolute atomic E-state index is 12.2. The number of fused-ring (bicyclic) bond motifs is 1. The van der Waals surface area contributed by atoms with Crippen LogP contribution in [-0.2, 0) is 11.3 Å². The minimum atomic E-state index is 0.230. The average Bonchev–Trinajstić information content (AvgIpc) is 3.07. The van der Waals surface area contributed by atoms with Crippen molar-refractivity contribution in [1.82, 2.24) is 14.9 Å². The van der Waals surface area contributed by atoms with Crippen molar-refractivity contribution in [3.05, 3.63) is 24.3 Å². The molecule has 1 aromatic carbocycles. The lowest BCUT2D eigenvalue weighted by Crippen LogP contribution is -2.45. The third-order valence-electron chi connectivity index (χ3n) is 5.73. The Hall–Kier alpha value is -2.04. The predicted octanol–water partition coefficient (Wildman–Crippen LogP) is 4.89. The number of benzene rings is 1. The van der Waals surface area contributed by atoms with Crippen LogP contribution in [0.1, 0.15) is 71.6 Å². The van der Waals surface area contributed by atoms with Gasteiger partial charge >= 0.3 is 0 Å². The molecule has 0 aliphatic carbocycles. The Bertz CT molecular complexity index is 746. The van der Waals surface area contributed by atoms with E-state index >= 15 is 0 Å². The quantitative estimate of drug-likeness (QED) is 0.593. The van der Waals surface area contributed by atoms with Gasteiger partial charge in [-0.15, -0.1) is 0 Å². The van der Waals surface area contributed by atoms with Crippen LogP contribution in [0.15, 0.2) is 24.3 Å². The van der Waals surface area contributed by atoms with E-state index in [4.69, 9.17) is 4.98 Å². The van der Waals surface area contributed by atoms with Gasteiger partial charge in [-0.05, 0) is 37.8 Å². The lowest BCUT2D eigenvalue weighted by molar-refractivity contribution is -0.122. The SMILES string of the molecule is CCCCCCCC(=O)NC1CCN(c2nc3ccccc3n2CCC)CC1. The molecular weight excluding hydrogens is 348 g/mol. The van der Waals surface area contributed by atoms with E-state index in [0.717, 1.165) is 56.8 Å². The number of nitrogens with zero attached hydrogens (tertiary/aromatic N) is 3. The maximum atomic E-state index is 12.2. The van der Waals surface area contributed by atoms with E-state index in [2.05, 4.69) is 52.9 Å². The van der Waals surface area contributed by atoms with Crippen LogP contribution in [0.3, 0.4) is 0 Å². The van der Waals surface area contributed by atoms with Gasteiger partial charge in [0.25, 0.3) is 0 Å². The molecule has 0 unspecified atom stereocenters. The largest absolute Gasteiger partial charge is 0.353 e. The molecule has 5 heteroatoms. The van der Waals surface area contributed by atoms with E-state index in [1.54, 1.807) is 0 Å². The first-order valence-electron chi connectivity index (χ1n) is 11.2. The zero-order chi connectivity index (χ0) is 19.8. The van der Waals surface area contributed by atoms with Crippen LogP contribution in [0, 0.1) is 0 Å². The van der Waals surface area contributed by atoms with Gasteiger partial charge in [-0.3, -0.25) is 4.79 Å². The van der Waals surface area contributed by atoms with Crippen molar-refractivity contribution < 1.29 is 4.79 Å². The van der Waals surface area contributed by atoms with Gasteiger partial charge in [0.15, 0.2) is 0 Å². The van der Waals surface area contributed by atoms with Gasteiger partial charge in [0.1, 0.15) is 0 Å². The molecule has 1 N–H and O–H groups in total. The maximum Gasteiger partial charge on any atom is 0.220 e. The molecule has 1 fully saturated rings. The van der Waals surface area contributed by atoms with Gasteiger partial charge in [-0.2, -0.15) is 0 Å². The molecule has 154 valence electrons. The van der Waals surface area contributed by atoms with Crippen LogP contribution in [0.2, 0.25) is 0 Å². The molecule has 0 atom stereocenters. The molecule has 1 aromatic heterocycles. The fourth-order valence-electron chi connectivity index (χ4n) is 4.16. The average molecular weight is 385 g/mol. The third kappa shape index (κ3) is 5.27. The molecule has 28 heavy (non-hydrogen) atoms. The second kappa shape index (κ2) is 10.5. The first-order valence-corrected chi connectivity index (χ1v) is 11.2. The first kappa shape index (κ1) is 20.7. The number of para-hydroxylation sites is 2. The Morgan fingerprint density at radius 2 is 1.82 bits per heavy atom. The molecular formula is C23H36N4O. The van der Waals surface area contributed by atoms with Crippen molar-refractivity contribution >= 4 is 22.9 Å². The number of nitrogens with one attached hydrogen (secondary N) is 1. The second-order valence-electron chi connectivity index (χ2n) is 8.05. The highest BCUT2D eigenvalue weighted by Crippen LogP contribution is 2.25. The molecule has 1 aliphatic heterocycles. The summed E-state index contributed by atoms with van der Waals surface area (Å²) in [4.78, 5) is 19.5. The molecule has 0 saturated carbocycles. The smallest absolute Gasteiger partial charge is 0.220 e. The molecule has 0 radical (unpaired) electrons. The lowest BCUT2D eigenvalue weighted by Gasteiger charge is -2.33. The summed E-state index contributed by atoms with van der Waals surface area (Å²) in [5.41, 5.74) is 2.29. The summed E-state index contributed by atoms with van der Waals surface area (Å²) in [6, 6.07) is 8.71. The van der Waals surface area contributed by atoms with Crippen LogP contribution in [0.4, 0.5) is 5.95 Å². The fourth-order valence-corrected chi connectivity index (χ4v) is 4.16. The Labute approximate surface area is 169 Å². The van der Waals surface area contributed by atoms with Gasteiger partial charge in [0.05, 0.1) is 11.0 Å². The normalized spacial score (nSPS) is 15.3. The van der Waals surface area contributed by atoms with Crippen molar-refractivity contribution in [2.24, 2.45) is 0 Å². The van der Waals surface area contributed by atoms with Crippen molar-refractivity contribution in [2.75, 3.05) is 18.0 Å². The number of hydrogen-bond acceptors (Lipinski definition) is 3. The molecule has 1 amide bonds. The number of rotatable bonds is 10. The summed E-state index contributed by atoms with van der Waals surface area (Å²) in [5, 5.41) is 3.26. The van der Waals surface area contributed by atoms with Crippen molar-refractivity contribution in [2.45, 2.75) is 84.2 Å². The Morgan fingerprint density at radius 3 is 2.57 bits per heavy atom. The summed E-state index contributed by atoms with van der Waals surface area (Å²) in [6.07, 6.45) is 9.74. The fraction of sp³-hybridized carbons (Fsp3) is 0.652. The van der Waals surface area contributed by atoms with E-state index in [1.165, 1.54) is 31.2 Å². The van der Waals surface area contributed by atoms with Gasteiger partial charge in [0, 0.05) is 32.1 Å². The third-order valence-corrected chi connectivity index (χ3v) is 5.73. The zero-order valence-corrected chi connectivity index (χ0v) is 17.6. The molecule has 2 heterocycles. The molecule has 3 rings (SSSR count). The van der Waals surface area contributed by atoms with Crippen molar-refractivity contribution in [3.8, 4) is 0 Å². The number of imidazole rings is 1. The minimum Gasteiger partial charge on any atom is -0.353 e. The second-order valence-corrected chi connectivity index (χ2v) is 8.05. The van der Waals surface area contributed by atoms with Crippen molar-refractivity contribution in [1.29, 1.82) is 0 Å². The van der Waals surface area contributed by atoms with E-state index in [9.17, 15) is 4.79 Å². The number of aromatic nitrogens is 2. The Balaban J connectivity index is 1.51. The number of carbonyl (C=O) groups is 1. The topological polar surface area (TPSA) is 50.2 Å². The zero-order valence-electron chi connectivity index (χ0n) is 17.6. The highest BCUT2D eigenvalue weighted by Gasteiger charge is 2.24. The van der Waals surface area contributed by atoms with Gasteiger partial charge < -0.3 is 14.8 Å². The number of hydrogen-bond donors (Lipinski definition) is 1. The highest BCUT2D eigenvalue weighted by molar-refractivity contribution is 5.79. The Kier molecular flexibility index (Phi) is 7.75. The van der Waals surface area contributed by atoms with Crippen LogP contribution in [0.5, 0.6) is 0 Å². The number of aryl methyl sites for hydroxylation is 1. The van der Waals surface area contributed by atoms with Crippen LogP contribution in [0.25, 0.3) is 11.0 Å². The van der Waals surface area contributed by atoms with Gasteiger partial charge in [0.2, 0.25) is 11.9 Å². The monoisotopic (exact) mass is 384 g/mol. The van der Waals surface area contributed by atoms with Gasteiger partial charge in [-0.1, -0.05) is 51.7 Å². The molecule has 0 bridgehead atoms. The highest BCUT2D eigenvalue weighted by atomic mass is 16.1. The lowest BCUT2D eigenvalue weighted by atomic mass is 10.0. The Morgan fingerprint density at radius 1 is 1.07 bits per heavy atom. The van der Waals surface area contributed by atoms with E-state index in [0.29, 0.717) is 12.5 Å². The van der Waals surface area contributed by atoms with E-state index < -0.39 is 0 Å². The molecule has 1 aliphatic rings. The first-order chi connectivity index (χ1) is 13.7. The number of carbonyl (C=O) groups excluding carboxylic acids is 1. The molecule has 5 nitrogen and oxygen atoms in total. The standard InChI is InChI=1S/C23H36N4O/c1-3-5-6-7-8-13-22(28)24-19-14-17-26(18-15-19)23-25-20-11-9-10-12-21(20)27(23)16-4-2/h9-12,19H,3-8,13-18H2,1-2H3,(H,24,28). The number of unbranched alkanes of at least 4 members (excludes halogenated alkanes) is 4. The number of amides is 1. The molecule has 1 saturated heterocycles.